The number of hydrogen-bond donors (Lipinski definition) is 0. The van der Waals surface area contributed by atoms with Crippen molar-refractivity contribution in [3.8, 4) is 0 Å². The van der Waals surface area contributed by atoms with Gasteiger partial charge >= 0.3 is 5.97 Å². The Balaban J connectivity index is 2.42. The van der Waals surface area contributed by atoms with Crippen molar-refractivity contribution in [2.24, 2.45) is 0 Å². The van der Waals surface area contributed by atoms with Gasteiger partial charge in [0.05, 0.1) is 13.7 Å². The summed E-state index contributed by atoms with van der Waals surface area (Å²) in [4.78, 5) is 15.4. The van der Waals surface area contributed by atoms with Gasteiger partial charge in [0.1, 0.15) is 0 Å². The Morgan fingerprint density at radius 2 is 1.93 bits per heavy atom. The van der Waals surface area contributed by atoms with Crippen LogP contribution in [0.4, 0.5) is 0 Å². The Morgan fingerprint density at radius 1 is 1.33 bits per heavy atom. The maximum Gasteiger partial charge on any atom is 0.319 e. The Morgan fingerprint density at radius 3 is 2.27 bits per heavy atom. The molecular weight excluding hydrogens is 192 g/mol. The highest BCUT2D eigenvalue weighted by Crippen LogP contribution is 2.36. The van der Waals surface area contributed by atoms with Gasteiger partial charge in [0, 0.05) is 12.1 Å². The summed E-state index contributed by atoms with van der Waals surface area (Å²) >= 11 is 0. The van der Waals surface area contributed by atoms with Crippen molar-refractivity contribution in [1.29, 1.82) is 0 Å². The van der Waals surface area contributed by atoms with Gasteiger partial charge in [0.15, 0.2) is 0 Å². The number of nitrogens with zero attached hydrogens (tertiary/aromatic N) is 2. The number of carbonyl (C=O) groups excluding carboxylic acids is 1. The Kier molecular flexibility index (Phi) is 4.11. The van der Waals surface area contributed by atoms with E-state index in [0.29, 0.717) is 6.54 Å². The lowest BCUT2D eigenvalue weighted by atomic mass is 9.75. The average Bonchev–Trinajstić information content (AvgIpc) is 2.10. The van der Waals surface area contributed by atoms with E-state index in [4.69, 9.17) is 0 Å². The van der Waals surface area contributed by atoms with Gasteiger partial charge in [-0.25, -0.2) is 0 Å². The van der Waals surface area contributed by atoms with E-state index in [9.17, 15) is 4.79 Å². The molecule has 1 aliphatic rings. The number of likely N-dealkylation sites (N-methyl/N-ethyl adjacent to an activating group) is 2. The summed E-state index contributed by atoms with van der Waals surface area (Å²) in [6, 6.07) is 0. The van der Waals surface area contributed by atoms with Gasteiger partial charge in [-0.3, -0.25) is 9.69 Å². The van der Waals surface area contributed by atoms with Crippen molar-refractivity contribution in [3.05, 3.63) is 0 Å². The number of ether oxygens (including phenoxy) is 1. The monoisotopic (exact) mass is 214 g/mol. The maximum atomic E-state index is 11.1. The lowest BCUT2D eigenvalue weighted by molar-refractivity contribution is -0.142. The first kappa shape index (κ1) is 12.5. The molecule has 4 heteroatoms. The summed E-state index contributed by atoms with van der Waals surface area (Å²) in [7, 11) is 7.64. The fourth-order valence-electron chi connectivity index (χ4n) is 2.17. The number of carbonyl (C=O) groups is 1. The molecule has 0 amide bonds. The first-order chi connectivity index (χ1) is 7.00. The van der Waals surface area contributed by atoms with E-state index in [1.165, 1.54) is 26.4 Å². The number of hydrogen-bond acceptors (Lipinski definition) is 4. The van der Waals surface area contributed by atoms with Crippen molar-refractivity contribution < 1.29 is 9.53 Å². The van der Waals surface area contributed by atoms with Gasteiger partial charge in [-0.05, 0) is 40.4 Å². The van der Waals surface area contributed by atoms with Crippen molar-refractivity contribution >= 4 is 5.97 Å². The molecule has 1 aliphatic carbocycles. The molecule has 0 aliphatic heterocycles. The molecule has 15 heavy (non-hydrogen) atoms. The van der Waals surface area contributed by atoms with Gasteiger partial charge in [0.2, 0.25) is 0 Å². The lowest BCUT2D eigenvalue weighted by Crippen LogP contribution is -2.57. The Labute approximate surface area is 92.2 Å². The molecule has 0 aromatic carbocycles. The van der Waals surface area contributed by atoms with Gasteiger partial charge in [0.25, 0.3) is 0 Å². The van der Waals surface area contributed by atoms with E-state index in [1.54, 1.807) is 0 Å². The van der Waals surface area contributed by atoms with Crippen LogP contribution in [0.5, 0.6) is 0 Å². The third-order valence-electron chi connectivity index (χ3n) is 3.42. The molecule has 0 heterocycles. The normalized spacial score (nSPS) is 19.1. The van der Waals surface area contributed by atoms with Crippen LogP contribution in [-0.4, -0.2) is 62.7 Å². The van der Waals surface area contributed by atoms with E-state index in [0.717, 1.165) is 6.54 Å². The lowest BCUT2D eigenvalue weighted by Gasteiger charge is -2.49. The van der Waals surface area contributed by atoms with Crippen LogP contribution in [0.25, 0.3) is 0 Å². The zero-order valence-corrected chi connectivity index (χ0v) is 10.2. The highest BCUT2D eigenvalue weighted by Gasteiger charge is 2.39. The van der Waals surface area contributed by atoms with E-state index < -0.39 is 0 Å². The first-order valence-electron chi connectivity index (χ1n) is 5.43. The van der Waals surface area contributed by atoms with Gasteiger partial charge in [-0.15, -0.1) is 0 Å². The van der Waals surface area contributed by atoms with Crippen LogP contribution < -0.4 is 0 Å². The highest BCUT2D eigenvalue weighted by atomic mass is 16.5. The molecule has 0 saturated heterocycles. The van der Waals surface area contributed by atoms with Crippen LogP contribution in [0.1, 0.15) is 19.3 Å². The summed E-state index contributed by atoms with van der Waals surface area (Å²) in [5.41, 5.74) is 0.281. The highest BCUT2D eigenvalue weighted by molar-refractivity contribution is 5.71. The minimum Gasteiger partial charge on any atom is -0.468 e. The number of esters is 1. The van der Waals surface area contributed by atoms with Crippen LogP contribution in [0, 0.1) is 0 Å². The SMILES string of the molecule is COC(=O)CN(C)CC1(N(C)C)CCC1. The third-order valence-corrected chi connectivity index (χ3v) is 3.42. The van der Waals surface area contributed by atoms with Crippen molar-refractivity contribution in [2.45, 2.75) is 24.8 Å². The molecule has 1 saturated carbocycles. The fourth-order valence-corrected chi connectivity index (χ4v) is 2.17. The van der Waals surface area contributed by atoms with E-state index in [-0.39, 0.29) is 11.5 Å². The van der Waals surface area contributed by atoms with E-state index in [1.807, 2.05) is 11.9 Å². The second-order valence-electron chi connectivity index (χ2n) is 4.72. The summed E-state index contributed by atoms with van der Waals surface area (Å²) in [5.74, 6) is -0.161. The maximum absolute atomic E-state index is 11.1. The van der Waals surface area contributed by atoms with Crippen LogP contribution in [0.2, 0.25) is 0 Å². The second-order valence-corrected chi connectivity index (χ2v) is 4.72. The van der Waals surface area contributed by atoms with E-state index >= 15 is 0 Å². The molecule has 0 bridgehead atoms. The molecule has 0 atom stereocenters. The standard InChI is InChI=1S/C11H22N2O2/c1-12(2)11(6-5-7-11)9-13(3)8-10(14)15-4/h5-9H2,1-4H3. The first-order valence-corrected chi connectivity index (χ1v) is 5.43. The van der Waals surface area contributed by atoms with Gasteiger partial charge < -0.3 is 9.64 Å². The summed E-state index contributed by atoms with van der Waals surface area (Å²) in [6.07, 6.45) is 3.75. The molecule has 0 spiro atoms. The topological polar surface area (TPSA) is 32.8 Å². The number of rotatable bonds is 5. The molecule has 4 nitrogen and oxygen atoms in total. The molecule has 88 valence electrons. The van der Waals surface area contributed by atoms with Crippen LogP contribution in [-0.2, 0) is 9.53 Å². The predicted octanol–water partition coefficient (Wildman–Crippen LogP) is 0.575. The molecule has 0 aromatic heterocycles. The van der Waals surface area contributed by atoms with Crippen molar-refractivity contribution in [1.82, 2.24) is 9.80 Å². The summed E-state index contributed by atoms with van der Waals surface area (Å²) in [6.45, 7) is 1.32. The molecule has 0 unspecified atom stereocenters. The van der Waals surface area contributed by atoms with Crippen LogP contribution in [0.3, 0.4) is 0 Å². The fraction of sp³-hybridized carbons (Fsp3) is 0.909. The second kappa shape index (κ2) is 4.94. The number of methoxy groups -OCH3 is 1. The third kappa shape index (κ3) is 2.92. The largest absolute Gasteiger partial charge is 0.468 e. The molecule has 0 aromatic rings. The zero-order chi connectivity index (χ0) is 11.5. The minimum absolute atomic E-state index is 0.161. The van der Waals surface area contributed by atoms with Crippen molar-refractivity contribution in [2.75, 3.05) is 41.3 Å². The van der Waals surface area contributed by atoms with Crippen molar-refractivity contribution in [3.63, 3.8) is 0 Å². The molecule has 0 radical (unpaired) electrons. The Bertz CT molecular complexity index is 225. The molecule has 0 N–H and O–H groups in total. The molecule has 1 fully saturated rings. The van der Waals surface area contributed by atoms with Crippen LogP contribution in [0.15, 0.2) is 0 Å². The quantitative estimate of drug-likeness (QED) is 0.627. The van der Waals surface area contributed by atoms with Gasteiger partial charge in [-0.1, -0.05) is 0 Å². The Hall–Kier alpha value is -0.610. The van der Waals surface area contributed by atoms with Gasteiger partial charge in [-0.2, -0.15) is 0 Å². The molecular formula is C11H22N2O2. The predicted molar refractivity (Wildman–Crippen MR) is 59.8 cm³/mol. The summed E-state index contributed by atoms with van der Waals surface area (Å²) in [5, 5.41) is 0. The molecule has 1 rings (SSSR count). The minimum atomic E-state index is -0.161. The average molecular weight is 214 g/mol. The summed E-state index contributed by atoms with van der Waals surface area (Å²) < 4.78 is 4.65. The van der Waals surface area contributed by atoms with E-state index in [2.05, 4.69) is 23.7 Å². The smallest absolute Gasteiger partial charge is 0.319 e. The zero-order valence-electron chi connectivity index (χ0n) is 10.2. The van der Waals surface area contributed by atoms with Crippen LogP contribution >= 0.6 is 0 Å².